The Hall–Kier alpha value is -3.43. The number of nitrogens with one attached hydrogen (secondary N) is 1. The van der Waals surface area contributed by atoms with E-state index in [9.17, 15) is 33.7 Å². The minimum atomic E-state index is -5.17. The summed E-state index contributed by atoms with van der Waals surface area (Å²) in [5, 5.41) is 19.9. The summed E-state index contributed by atoms with van der Waals surface area (Å²) in [7, 11) is -5.17. The summed E-state index contributed by atoms with van der Waals surface area (Å²) in [5.74, 6) is -0.676. The van der Waals surface area contributed by atoms with Gasteiger partial charge in [-0.1, -0.05) is 0 Å². The van der Waals surface area contributed by atoms with Crippen LogP contribution in [0.2, 0.25) is 0 Å². The fourth-order valence-corrected chi connectivity index (χ4v) is 5.22. The monoisotopic (exact) mass is 593 g/mol. The van der Waals surface area contributed by atoms with Crippen LogP contribution in [-0.2, 0) is 23.1 Å². The van der Waals surface area contributed by atoms with Gasteiger partial charge in [0, 0.05) is 0 Å². The number of aromatic nitrogens is 7. The van der Waals surface area contributed by atoms with Gasteiger partial charge in [-0.05, 0) is 0 Å². The van der Waals surface area contributed by atoms with Gasteiger partial charge in [-0.2, -0.15) is 9.97 Å². The van der Waals surface area contributed by atoms with Crippen LogP contribution in [0.25, 0.3) is 11.2 Å². The third-order valence-corrected chi connectivity index (χ3v) is 7.13. The molecule has 2 fully saturated rings. The van der Waals surface area contributed by atoms with Crippen LogP contribution >= 0.6 is 7.82 Å². The van der Waals surface area contributed by atoms with Crippen molar-refractivity contribution in [2.45, 2.75) is 49.2 Å². The Morgan fingerprint density at radius 3 is 2.45 bits per heavy atom. The van der Waals surface area contributed by atoms with Crippen molar-refractivity contribution in [1.29, 1.82) is 0 Å². The summed E-state index contributed by atoms with van der Waals surface area (Å²) in [6.07, 6.45) is -12.8. The van der Waals surface area contributed by atoms with Gasteiger partial charge in [-0.15, -0.1) is 0 Å². The van der Waals surface area contributed by atoms with Crippen molar-refractivity contribution in [2.24, 2.45) is 0 Å². The van der Waals surface area contributed by atoms with E-state index in [0.29, 0.717) is 4.57 Å². The van der Waals surface area contributed by atoms with Crippen LogP contribution in [0, 0.1) is 0 Å². The fraction of sp³-hybridized carbons (Fsp3) is 0.556. The van der Waals surface area contributed by atoms with E-state index in [0.717, 1.165) is 17.2 Å². The number of aliphatic hydroxyl groups excluding tert-OH is 2. The lowest BCUT2D eigenvalue weighted by molar-refractivity contribution is -0.0576. The molecule has 22 heteroatoms. The number of nitrogen functional groups attached to an aromatic ring is 2. The van der Waals surface area contributed by atoms with Crippen molar-refractivity contribution in [1.82, 2.24) is 34.1 Å². The van der Waals surface area contributed by atoms with Crippen molar-refractivity contribution < 1.29 is 47.0 Å². The highest BCUT2D eigenvalue weighted by molar-refractivity contribution is 7.47. The molecule has 0 aliphatic carbocycles. The summed E-state index contributed by atoms with van der Waals surface area (Å²) in [5.41, 5.74) is 8.75. The van der Waals surface area contributed by atoms with E-state index in [1.54, 1.807) is 0 Å². The molecule has 3 aromatic rings. The van der Waals surface area contributed by atoms with E-state index in [1.165, 1.54) is 0 Å². The molecule has 5 heterocycles. The number of aromatic amines is 1. The highest BCUT2D eigenvalue weighted by Crippen LogP contribution is 2.49. The Bertz CT molecular complexity index is 1570. The molecule has 0 saturated carbocycles. The largest absolute Gasteiger partial charge is 0.472 e. The number of nitrogens with zero attached hydrogens (tertiary/aromatic N) is 6. The van der Waals surface area contributed by atoms with Crippen LogP contribution in [-0.4, -0.2) is 99.1 Å². The molecule has 3 aromatic heterocycles. The van der Waals surface area contributed by atoms with Gasteiger partial charge in [0.05, 0.1) is 19.5 Å². The van der Waals surface area contributed by atoms with E-state index in [4.69, 9.17) is 30.0 Å². The Morgan fingerprint density at radius 2 is 1.75 bits per heavy atom. The summed E-state index contributed by atoms with van der Waals surface area (Å²) in [6.45, 7) is -1.81. The number of hydrogen-bond donors (Lipinski definition) is 6. The lowest BCUT2D eigenvalue weighted by Crippen LogP contribution is -2.36. The maximum atomic E-state index is 15.2. The molecule has 218 valence electrons. The molecule has 40 heavy (non-hydrogen) atoms. The molecule has 0 amide bonds. The molecular weight excluding hydrogens is 571 g/mol. The number of imidazole rings is 1. The van der Waals surface area contributed by atoms with Crippen LogP contribution in [0.15, 0.2) is 22.2 Å². The number of phosphoric ester groups is 1. The lowest BCUT2D eigenvalue weighted by atomic mass is 10.1. The quantitative estimate of drug-likeness (QED) is 0.144. The molecular formula is C18H22F2N9O10P. The third kappa shape index (κ3) is 5.08. The van der Waals surface area contributed by atoms with E-state index in [2.05, 4.69) is 24.9 Å². The number of phosphoric acid groups is 1. The standard InChI is InChI=1S/C18H22F2N9O10P/c19-7-10(31)6(38-14(7)28-3-23-9-12(28)25-17(22)26-13(9)32)2-36-40(34,35)39-11-5(1-30)37-15(8(11)20)29-4-24-16(21)27-18(29)33/h3-8,10-11,14-15,30-31H,1-2H2,(H,34,35)(H2,21,27,33)(H3,22,25,26,32)/t5-,6-,7+,8+,10+,11+,14-,15-/m1/s1. The average Bonchev–Trinajstić information content (AvgIpc) is 3.53. The molecule has 5 rings (SSSR count). The second-order valence-corrected chi connectivity index (χ2v) is 10.1. The predicted molar refractivity (Wildman–Crippen MR) is 125 cm³/mol. The van der Waals surface area contributed by atoms with Crippen molar-refractivity contribution in [2.75, 3.05) is 24.7 Å². The molecule has 2 aliphatic heterocycles. The SMILES string of the molecule is Nc1ncn([C@@H]2O[C@H](CO)[C@H](OP(=O)(O)OC[C@H]3O[C@@H](n4cnc5c(=O)[nH]c(N)nc54)[C@@H](F)[C@H]3O)[C@@H]2F)c(=O)n1. The summed E-state index contributed by atoms with van der Waals surface area (Å²) in [4.78, 5) is 51.0. The Balaban J connectivity index is 1.27. The maximum Gasteiger partial charge on any atom is 0.472 e. The van der Waals surface area contributed by atoms with Gasteiger partial charge in [0.15, 0.2) is 36.0 Å². The molecule has 0 radical (unpaired) electrons. The maximum absolute atomic E-state index is 15.2. The first-order valence-corrected chi connectivity index (χ1v) is 12.9. The smallest absolute Gasteiger partial charge is 0.394 e. The average molecular weight is 593 g/mol. The van der Waals surface area contributed by atoms with Gasteiger partial charge in [0.2, 0.25) is 11.9 Å². The molecule has 1 unspecified atom stereocenters. The van der Waals surface area contributed by atoms with Gasteiger partial charge in [-0.25, -0.2) is 28.1 Å². The summed E-state index contributed by atoms with van der Waals surface area (Å²) in [6, 6.07) is 0. The minimum absolute atomic E-state index is 0.149. The minimum Gasteiger partial charge on any atom is -0.394 e. The molecule has 2 aliphatic rings. The number of H-pyrrole nitrogens is 1. The first kappa shape index (κ1) is 28.1. The summed E-state index contributed by atoms with van der Waals surface area (Å²) >= 11 is 0. The van der Waals surface area contributed by atoms with E-state index in [1.807, 2.05) is 0 Å². The number of ether oxygens (including phenoxy) is 2. The highest BCUT2D eigenvalue weighted by atomic mass is 31.2. The first-order valence-electron chi connectivity index (χ1n) is 11.4. The molecule has 0 bridgehead atoms. The van der Waals surface area contributed by atoms with Crippen LogP contribution < -0.4 is 22.7 Å². The first-order chi connectivity index (χ1) is 18.9. The van der Waals surface area contributed by atoms with Crippen LogP contribution in [0.3, 0.4) is 0 Å². The summed E-state index contributed by atoms with van der Waals surface area (Å²) < 4.78 is 64.7. The van der Waals surface area contributed by atoms with E-state index in [-0.39, 0.29) is 17.1 Å². The predicted octanol–water partition coefficient (Wildman–Crippen LogP) is -2.74. The number of anilines is 2. The van der Waals surface area contributed by atoms with Gasteiger partial charge >= 0.3 is 13.5 Å². The van der Waals surface area contributed by atoms with Crippen LogP contribution in [0.1, 0.15) is 12.5 Å². The topological polar surface area (TPSA) is 278 Å². The van der Waals surface area contributed by atoms with Crippen molar-refractivity contribution >= 4 is 30.9 Å². The van der Waals surface area contributed by atoms with Crippen LogP contribution in [0.4, 0.5) is 20.7 Å². The second kappa shape index (κ2) is 10.5. The number of aliphatic hydroxyl groups is 2. The number of alkyl halides is 2. The number of nitrogens with two attached hydrogens (primary N) is 2. The number of halogens is 2. The fourth-order valence-electron chi connectivity index (χ4n) is 4.27. The Kier molecular flexibility index (Phi) is 7.39. The number of fused-ring (bicyclic) bond motifs is 1. The number of hydrogen-bond acceptors (Lipinski definition) is 15. The molecule has 8 N–H and O–H groups in total. The molecule has 2 saturated heterocycles. The van der Waals surface area contributed by atoms with Crippen LogP contribution in [0.5, 0.6) is 0 Å². The molecule has 19 nitrogen and oxygen atoms in total. The highest BCUT2D eigenvalue weighted by Gasteiger charge is 2.51. The molecule has 0 aromatic carbocycles. The van der Waals surface area contributed by atoms with Gasteiger partial charge in [0.1, 0.15) is 30.7 Å². The second-order valence-electron chi connectivity index (χ2n) is 8.71. The zero-order valence-corrected chi connectivity index (χ0v) is 20.8. The third-order valence-electron chi connectivity index (χ3n) is 6.14. The van der Waals surface area contributed by atoms with E-state index < -0.39 is 87.4 Å². The van der Waals surface area contributed by atoms with Gasteiger partial charge in [-0.3, -0.25) is 28.0 Å². The van der Waals surface area contributed by atoms with Gasteiger partial charge in [0.25, 0.3) is 5.56 Å². The van der Waals surface area contributed by atoms with Crippen molar-refractivity contribution in [3.63, 3.8) is 0 Å². The molecule has 0 spiro atoms. The normalized spacial score (nSPS) is 32.0. The van der Waals surface area contributed by atoms with Gasteiger partial charge < -0.3 is 36.0 Å². The lowest BCUT2D eigenvalue weighted by Gasteiger charge is -2.22. The van der Waals surface area contributed by atoms with Crippen molar-refractivity contribution in [3.8, 4) is 0 Å². The Morgan fingerprint density at radius 1 is 1.07 bits per heavy atom. The van der Waals surface area contributed by atoms with Crippen molar-refractivity contribution in [3.05, 3.63) is 33.5 Å². The zero-order valence-electron chi connectivity index (χ0n) is 19.9. The zero-order chi connectivity index (χ0) is 28.9. The molecule has 9 atom stereocenters. The van der Waals surface area contributed by atoms with E-state index >= 15 is 4.39 Å². The Labute approximate surface area is 219 Å². The number of rotatable bonds is 8.